The molecule has 0 unspecified atom stereocenters. The van der Waals surface area contributed by atoms with Crippen LogP contribution in [0.3, 0.4) is 0 Å². The number of hydrogen-bond acceptors (Lipinski definition) is 5. The molecule has 7 nitrogen and oxygen atoms in total. The molecule has 1 spiro atoms. The van der Waals surface area contributed by atoms with Gasteiger partial charge in [0.25, 0.3) is 5.91 Å². The minimum absolute atomic E-state index is 0.0488. The molecule has 2 aliphatic rings. The van der Waals surface area contributed by atoms with Crippen LogP contribution in [-0.2, 0) is 4.79 Å². The van der Waals surface area contributed by atoms with E-state index in [9.17, 15) is 9.59 Å². The molecule has 148 valence electrons. The van der Waals surface area contributed by atoms with Crippen molar-refractivity contribution in [1.82, 2.24) is 15.3 Å². The highest BCUT2D eigenvalue weighted by Gasteiger charge is 2.50. The highest BCUT2D eigenvalue weighted by Crippen LogP contribution is 2.45. The molecule has 0 bridgehead atoms. The second-order valence-electron chi connectivity index (χ2n) is 7.91. The molecule has 2 aromatic rings. The predicted octanol–water partition coefficient (Wildman–Crippen LogP) is 2.75. The zero-order valence-corrected chi connectivity index (χ0v) is 16.4. The van der Waals surface area contributed by atoms with E-state index in [1.165, 1.54) is 0 Å². The number of aryl methyl sites for hydroxylation is 1. The van der Waals surface area contributed by atoms with Crippen molar-refractivity contribution in [3.63, 3.8) is 0 Å². The number of anilines is 1. The van der Waals surface area contributed by atoms with Crippen molar-refractivity contribution in [3.8, 4) is 6.07 Å². The number of carbonyl (C=O) groups is 2. The third-order valence-corrected chi connectivity index (χ3v) is 5.94. The number of nitrogens with one attached hydrogen (secondary N) is 1. The van der Waals surface area contributed by atoms with Gasteiger partial charge < -0.3 is 5.32 Å². The number of rotatable bonds is 3. The van der Waals surface area contributed by atoms with Crippen LogP contribution in [-0.4, -0.2) is 34.4 Å². The van der Waals surface area contributed by atoms with E-state index in [4.69, 9.17) is 5.26 Å². The Morgan fingerprint density at radius 2 is 2.07 bits per heavy atom. The maximum atomic E-state index is 13.3. The Balaban J connectivity index is 1.48. The molecule has 1 N–H and O–H groups in total. The monoisotopic (exact) mass is 389 g/mol. The van der Waals surface area contributed by atoms with E-state index in [-0.39, 0.29) is 17.9 Å². The van der Waals surface area contributed by atoms with Gasteiger partial charge in [0.15, 0.2) is 0 Å². The van der Waals surface area contributed by atoms with Crippen molar-refractivity contribution in [1.29, 1.82) is 5.26 Å². The first-order valence-corrected chi connectivity index (χ1v) is 9.94. The van der Waals surface area contributed by atoms with E-state index >= 15 is 0 Å². The van der Waals surface area contributed by atoms with E-state index in [1.807, 2.05) is 25.1 Å². The van der Waals surface area contributed by atoms with E-state index in [0.29, 0.717) is 30.2 Å². The number of aromatic nitrogens is 2. The number of pyridine rings is 2. The van der Waals surface area contributed by atoms with Gasteiger partial charge in [0.1, 0.15) is 23.3 Å². The lowest BCUT2D eigenvalue weighted by Crippen LogP contribution is -2.46. The van der Waals surface area contributed by atoms with Gasteiger partial charge in [-0.25, -0.2) is 9.97 Å². The van der Waals surface area contributed by atoms with Crippen LogP contribution in [0.5, 0.6) is 0 Å². The van der Waals surface area contributed by atoms with Crippen LogP contribution in [0, 0.1) is 23.7 Å². The fourth-order valence-electron chi connectivity index (χ4n) is 4.51. The van der Waals surface area contributed by atoms with Crippen molar-refractivity contribution in [2.24, 2.45) is 5.41 Å². The van der Waals surface area contributed by atoms with Crippen molar-refractivity contribution in [3.05, 3.63) is 53.5 Å². The van der Waals surface area contributed by atoms with Gasteiger partial charge in [-0.15, -0.1) is 0 Å². The number of amides is 2. The van der Waals surface area contributed by atoms with Gasteiger partial charge in [0.2, 0.25) is 5.91 Å². The van der Waals surface area contributed by atoms with E-state index in [2.05, 4.69) is 15.3 Å². The average molecular weight is 389 g/mol. The summed E-state index contributed by atoms with van der Waals surface area (Å²) in [6.45, 7) is 2.44. The molecule has 2 amide bonds. The first-order valence-electron chi connectivity index (χ1n) is 9.94. The summed E-state index contributed by atoms with van der Waals surface area (Å²) in [6.07, 6.45) is 3.92. The topological polar surface area (TPSA) is 99.0 Å². The molecule has 4 rings (SSSR count). The zero-order valence-electron chi connectivity index (χ0n) is 16.4. The van der Waals surface area contributed by atoms with Crippen molar-refractivity contribution >= 4 is 17.6 Å². The molecule has 2 aromatic heterocycles. The summed E-state index contributed by atoms with van der Waals surface area (Å²) in [4.78, 5) is 36.2. The van der Waals surface area contributed by atoms with Gasteiger partial charge in [-0.05, 0) is 56.9 Å². The maximum absolute atomic E-state index is 13.3. The summed E-state index contributed by atoms with van der Waals surface area (Å²) >= 11 is 0. The lowest BCUT2D eigenvalue weighted by atomic mass is 9.71. The Morgan fingerprint density at radius 3 is 2.86 bits per heavy atom. The summed E-state index contributed by atoms with van der Waals surface area (Å²) in [7, 11) is 0. The minimum Gasteiger partial charge on any atom is -0.348 e. The molecule has 3 heterocycles. The van der Waals surface area contributed by atoms with E-state index < -0.39 is 5.41 Å². The van der Waals surface area contributed by atoms with Gasteiger partial charge in [-0.1, -0.05) is 18.6 Å². The quantitative estimate of drug-likeness (QED) is 0.870. The molecule has 1 aliphatic carbocycles. The average Bonchev–Trinajstić information content (AvgIpc) is 3.03. The molecule has 0 radical (unpaired) electrons. The van der Waals surface area contributed by atoms with Crippen LogP contribution >= 0.6 is 0 Å². The number of carbonyl (C=O) groups excluding carboxylic acids is 2. The van der Waals surface area contributed by atoms with Crippen LogP contribution in [0.25, 0.3) is 0 Å². The van der Waals surface area contributed by atoms with Crippen molar-refractivity contribution in [2.45, 2.75) is 45.1 Å². The molecule has 2 fully saturated rings. The maximum Gasteiger partial charge on any atom is 0.270 e. The second-order valence-corrected chi connectivity index (χ2v) is 7.91. The fourth-order valence-corrected chi connectivity index (χ4v) is 4.51. The van der Waals surface area contributed by atoms with Gasteiger partial charge >= 0.3 is 0 Å². The molecule has 1 saturated carbocycles. The summed E-state index contributed by atoms with van der Waals surface area (Å²) in [5, 5.41) is 12.2. The van der Waals surface area contributed by atoms with E-state index in [0.717, 1.165) is 31.4 Å². The smallest absolute Gasteiger partial charge is 0.270 e. The molecule has 29 heavy (non-hydrogen) atoms. The molecule has 2 atom stereocenters. The molecule has 1 aliphatic heterocycles. The molecule has 0 aromatic carbocycles. The van der Waals surface area contributed by atoms with Gasteiger partial charge in [-0.3, -0.25) is 14.5 Å². The first kappa shape index (κ1) is 19.1. The lowest BCUT2D eigenvalue weighted by Gasteiger charge is -2.36. The van der Waals surface area contributed by atoms with E-state index in [1.54, 1.807) is 29.2 Å². The van der Waals surface area contributed by atoms with Crippen LogP contribution < -0.4 is 10.2 Å². The summed E-state index contributed by atoms with van der Waals surface area (Å²) in [6, 6.07) is 12.5. The van der Waals surface area contributed by atoms with Gasteiger partial charge in [0.05, 0.1) is 5.41 Å². The summed E-state index contributed by atoms with van der Waals surface area (Å²) < 4.78 is 0. The van der Waals surface area contributed by atoms with Crippen LogP contribution in [0.2, 0.25) is 0 Å². The van der Waals surface area contributed by atoms with Gasteiger partial charge in [0, 0.05) is 18.3 Å². The van der Waals surface area contributed by atoms with Gasteiger partial charge in [-0.2, -0.15) is 5.26 Å². The first-order chi connectivity index (χ1) is 14.0. The molecular weight excluding hydrogens is 366 g/mol. The molecule has 7 heteroatoms. The second kappa shape index (κ2) is 7.63. The number of nitriles is 1. The Kier molecular flexibility index (Phi) is 5.01. The van der Waals surface area contributed by atoms with Crippen molar-refractivity contribution in [2.75, 3.05) is 11.4 Å². The normalized spacial score (nSPS) is 23.8. The predicted molar refractivity (Wildman–Crippen MR) is 107 cm³/mol. The Hall–Kier alpha value is -3.27. The third kappa shape index (κ3) is 3.70. The van der Waals surface area contributed by atoms with Crippen LogP contribution in [0.1, 0.15) is 54.0 Å². The number of nitrogens with zero attached hydrogens (tertiary/aromatic N) is 4. The Labute approximate surface area is 169 Å². The molecule has 1 saturated heterocycles. The summed E-state index contributed by atoms with van der Waals surface area (Å²) in [5.74, 6) is 0.384. The standard InChI is InChI=1S/C22H23N5O2/c1-15-5-2-8-18(24-15)20(28)26-16-7-4-10-22(13-16)11-12-27(21(22)29)19-9-3-6-17(14-23)25-19/h2-3,5-6,8-9,16H,4,7,10-13H2,1H3,(H,26,28)/t16-,22+/m1/s1. The fraction of sp³-hybridized carbons (Fsp3) is 0.409. The Bertz CT molecular complexity index is 999. The van der Waals surface area contributed by atoms with Crippen molar-refractivity contribution < 1.29 is 9.59 Å². The highest BCUT2D eigenvalue weighted by molar-refractivity contribution is 5.99. The summed E-state index contributed by atoms with van der Waals surface area (Å²) in [5.41, 5.74) is 1.03. The highest BCUT2D eigenvalue weighted by atomic mass is 16.2. The minimum atomic E-state index is -0.472. The zero-order chi connectivity index (χ0) is 20.4. The lowest BCUT2D eigenvalue weighted by molar-refractivity contribution is -0.127. The van der Waals surface area contributed by atoms with Crippen LogP contribution in [0.4, 0.5) is 5.82 Å². The largest absolute Gasteiger partial charge is 0.348 e. The number of hydrogen-bond donors (Lipinski definition) is 1. The molecular formula is C22H23N5O2. The Morgan fingerprint density at radius 1 is 1.24 bits per heavy atom. The SMILES string of the molecule is Cc1cccc(C(=O)N[C@@H]2CCC[C@]3(CCN(c4cccc(C#N)n4)C3=O)C2)n1. The van der Waals surface area contributed by atoms with Crippen LogP contribution in [0.15, 0.2) is 36.4 Å². The third-order valence-electron chi connectivity index (χ3n) is 5.94.